The number of fused-ring (bicyclic) bond motifs is 1. The Labute approximate surface area is 133 Å². The van der Waals surface area contributed by atoms with E-state index in [1.807, 2.05) is 6.92 Å². The second-order valence-corrected chi connectivity index (χ2v) is 5.59. The van der Waals surface area contributed by atoms with E-state index in [9.17, 15) is 9.59 Å². The van der Waals surface area contributed by atoms with Crippen molar-refractivity contribution in [2.45, 2.75) is 32.4 Å². The summed E-state index contributed by atoms with van der Waals surface area (Å²) >= 11 is 0. The minimum atomic E-state index is -0.882. The zero-order valence-electron chi connectivity index (χ0n) is 12.9. The van der Waals surface area contributed by atoms with E-state index < -0.39 is 6.09 Å². The lowest BCUT2D eigenvalue weighted by Gasteiger charge is -2.31. The molecule has 1 fully saturated rings. The molecule has 0 spiro atoms. The molecular formula is C15H19N5O3. The van der Waals surface area contributed by atoms with Gasteiger partial charge in [0.05, 0.1) is 22.8 Å². The summed E-state index contributed by atoms with van der Waals surface area (Å²) in [5.74, 6) is 0. The number of anilines is 1. The number of aryl methyl sites for hydroxylation is 1. The number of carbonyl (C=O) groups excluding carboxylic acids is 1. The van der Waals surface area contributed by atoms with Crippen molar-refractivity contribution < 1.29 is 14.7 Å². The van der Waals surface area contributed by atoms with Gasteiger partial charge in [0.1, 0.15) is 0 Å². The monoisotopic (exact) mass is 317 g/mol. The maximum absolute atomic E-state index is 11.3. The topological polar surface area (TPSA) is 100 Å². The van der Waals surface area contributed by atoms with Gasteiger partial charge in [0.15, 0.2) is 11.9 Å². The van der Waals surface area contributed by atoms with Gasteiger partial charge in [-0.1, -0.05) is 0 Å². The van der Waals surface area contributed by atoms with Crippen LogP contribution in [0.25, 0.3) is 11.0 Å². The number of hydrogen-bond donors (Lipinski definition) is 2. The standard InChI is InChI=1S/C15H19N5O3/c1-2-20-14-12(8-17-20)13(10(9-21)7-16-14)18-11-3-5-19(6-4-11)15(22)23/h7-9,11H,2-6H2,1H3,(H,16,18)(H,22,23). The third-order valence-electron chi connectivity index (χ3n) is 4.24. The van der Waals surface area contributed by atoms with E-state index in [4.69, 9.17) is 5.11 Å². The fourth-order valence-corrected chi connectivity index (χ4v) is 2.94. The first-order chi connectivity index (χ1) is 11.1. The fourth-order valence-electron chi connectivity index (χ4n) is 2.94. The normalized spacial score (nSPS) is 15.8. The number of carbonyl (C=O) groups is 2. The molecule has 2 aromatic heterocycles. The van der Waals surface area contributed by atoms with Gasteiger partial charge in [-0.25, -0.2) is 14.5 Å². The van der Waals surface area contributed by atoms with Crippen LogP contribution in [0.15, 0.2) is 12.4 Å². The predicted molar refractivity (Wildman–Crippen MR) is 84.8 cm³/mol. The van der Waals surface area contributed by atoms with Crippen molar-refractivity contribution in [2.24, 2.45) is 0 Å². The van der Waals surface area contributed by atoms with Crippen LogP contribution in [0.1, 0.15) is 30.1 Å². The molecule has 0 saturated carbocycles. The summed E-state index contributed by atoms with van der Waals surface area (Å²) in [5.41, 5.74) is 1.97. The molecule has 3 heterocycles. The van der Waals surface area contributed by atoms with Gasteiger partial charge < -0.3 is 15.3 Å². The highest BCUT2D eigenvalue weighted by Crippen LogP contribution is 2.27. The number of aldehydes is 1. The molecule has 0 bridgehead atoms. The molecule has 8 nitrogen and oxygen atoms in total. The average Bonchev–Trinajstić information content (AvgIpc) is 2.99. The molecule has 1 saturated heterocycles. The Morgan fingerprint density at radius 2 is 2.17 bits per heavy atom. The summed E-state index contributed by atoms with van der Waals surface area (Å²) in [4.78, 5) is 28.0. The summed E-state index contributed by atoms with van der Waals surface area (Å²) in [5, 5.41) is 17.5. The molecule has 23 heavy (non-hydrogen) atoms. The number of carboxylic acid groups (broad SMARTS) is 1. The fraction of sp³-hybridized carbons (Fsp3) is 0.467. The van der Waals surface area contributed by atoms with E-state index in [1.165, 1.54) is 4.90 Å². The van der Waals surface area contributed by atoms with E-state index in [1.54, 1.807) is 17.1 Å². The molecule has 1 amide bonds. The maximum Gasteiger partial charge on any atom is 0.407 e. The smallest absolute Gasteiger partial charge is 0.407 e. The molecule has 2 N–H and O–H groups in total. The second-order valence-electron chi connectivity index (χ2n) is 5.59. The van der Waals surface area contributed by atoms with Crippen molar-refractivity contribution in [1.29, 1.82) is 0 Å². The lowest BCUT2D eigenvalue weighted by Crippen LogP contribution is -2.41. The largest absolute Gasteiger partial charge is 0.465 e. The summed E-state index contributed by atoms with van der Waals surface area (Å²) < 4.78 is 1.78. The lowest BCUT2D eigenvalue weighted by molar-refractivity contribution is 0.112. The van der Waals surface area contributed by atoms with Gasteiger partial charge in [-0.15, -0.1) is 0 Å². The average molecular weight is 317 g/mol. The van der Waals surface area contributed by atoms with E-state index in [0.29, 0.717) is 38.0 Å². The Hall–Kier alpha value is -2.64. The molecule has 1 aliphatic rings. The van der Waals surface area contributed by atoms with E-state index in [-0.39, 0.29) is 6.04 Å². The van der Waals surface area contributed by atoms with Gasteiger partial charge in [0, 0.05) is 31.9 Å². The van der Waals surface area contributed by atoms with E-state index >= 15 is 0 Å². The highest BCUT2D eigenvalue weighted by molar-refractivity contribution is 5.98. The van der Waals surface area contributed by atoms with Gasteiger partial charge >= 0.3 is 6.09 Å². The Balaban J connectivity index is 1.86. The van der Waals surface area contributed by atoms with Gasteiger partial charge in [0.2, 0.25) is 0 Å². The Kier molecular flexibility index (Phi) is 4.14. The van der Waals surface area contributed by atoms with Crippen LogP contribution in [-0.4, -0.2) is 56.3 Å². The van der Waals surface area contributed by atoms with Gasteiger partial charge in [-0.3, -0.25) is 4.79 Å². The summed E-state index contributed by atoms with van der Waals surface area (Å²) in [6.45, 7) is 3.67. The van der Waals surface area contributed by atoms with Crippen LogP contribution in [0.5, 0.6) is 0 Å². The molecule has 8 heteroatoms. The van der Waals surface area contributed by atoms with Gasteiger partial charge in [0.25, 0.3) is 0 Å². The second kappa shape index (κ2) is 6.23. The number of rotatable bonds is 4. The first-order valence-corrected chi connectivity index (χ1v) is 7.68. The van der Waals surface area contributed by atoms with Crippen LogP contribution in [0.2, 0.25) is 0 Å². The van der Waals surface area contributed by atoms with Crippen molar-refractivity contribution in [2.75, 3.05) is 18.4 Å². The third kappa shape index (κ3) is 2.84. The molecule has 0 aliphatic carbocycles. The number of piperidine rings is 1. The molecule has 0 unspecified atom stereocenters. The van der Waals surface area contributed by atoms with Crippen LogP contribution < -0.4 is 5.32 Å². The number of pyridine rings is 1. The molecule has 2 aromatic rings. The molecule has 0 atom stereocenters. The number of likely N-dealkylation sites (tertiary alicyclic amines) is 1. The maximum atomic E-state index is 11.3. The van der Waals surface area contributed by atoms with E-state index in [2.05, 4.69) is 15.4 Å². The Morgan fingerprint density at radius 3 is 2.78 bits per heavy atom. The van der Waals surface area contributed by atoms with Crippen LogP contribution >= 0.6 is 0 Å². The van der Waals surface area contributed by atoms with Crippen LogP contribution in [0.4, 0.5) is 10.5 Å². The first-order valence-electron chi connectivity index (χ1n) is 7.68. The number of aromatic nitrogens is 3. The highest BCUT2D eigenvalue weighted by Gasteiger charge is 2.23. The molecular weight excluding hydrogens is 298 g/mol. The summed E-state index contributed by atoms with van der Waals surface area (Å²) in [6.07, 6.45) is 4.58. The Morgan fingerprint density at radius 1 is 1.43 bits per heavy atom. The SMILES string of the molecule is CCn1ncc2c(NC3CCN(C(=O)O)CC3)c(C=O)cnc21. The minimum Gasteiger partial charge on any atom is -0.465 e. The Bertz CT molecular complexity index is 734. The van der Waals surface area contributed by atoms with E-state index in [0.717, 1.165) is 23.0 Å². The lowest BCUT2D eigenvalue weighted by atomic mass is 10.0. The van der Waals surface area contributed by atoms with Crippen molar-refractivity contribution in [3.05, 3.63) is 18.0 Å². The molecule has 0 radical (unpaired) electrons. The summed E-state index contributed by atoms with van der Waals surface area (Å²) in [7, 11) is 0. The molecule has 122 valence electrons. The van der Waals surface area contributed by atoms with Crippen molar-refractivity contribution in [1.82, 2.24) is 19.7 Å². The van der Waals surface area contributed by atoms with Crippen molar-refractivity contribution >= 4 is 29.1 Å². The molecule has 1 aliphatic heterocycles. The highest BCUT2D eigenvalue weighted by atomic mass is 16.4. The summed E-state index contributed by atoms with van der Waals surface area (Å²) in [6, 6.07) is 0.125. The van der Waals surface area contributed by atoms with Gasteiger partial charge in [-0.05, 0) is 19.8 Å². The van der Waals surface area contributed by atoms with Gasteiger partial charge in [-0.2, -0.15) is 5.10 Å². The van der Waals surface area contributed by atoms with Crippen LogP contribution in [-0.2, 0) is 6.54 Å². The molecule has 0 aromatic carbocycles. The minimum absolute atomic E-state index is 0.125. The zero-order chi connectivity index (χ0) is 16.4. The predicted octanol–water partition coefficient (Wildman–Crippen LogP) is 1.82. The third-order valence-corrected chi connectivity index (χ3v) is 4.24. The zero-order valence-corrected chi connectivity index (χ0v) is 12.9. The quantitative estimate of drug-likeness (QED) is 0.834. The van der Waals surface area contributed by atoms with Crippen molar-refractivity contribution in [3.8, 4) is 0 Å². The van der Waals surface area contributed by atoms with Crippen LogP contribution in [0.3, 0.4) is 0 Å². The number of hydrogen-bond acceptors (Lipinski definition) is 5. The molecule has 3 rings (SSSR count). The number of nitrogens with one attached hydrogen (secondary N) is 1. The van der Waals surface area contributed by atoms with Crippen molar-refractivity contribution in [3.63, 3.8) is 0 Å². The van der Waals surface area contributed by atoms with Crippen LogP contribution in [0, 0.1) is 0 Å². The first kappa shape index (κ1) is 15.3. The number of amides is 1. The number of nitrogens with zero attached hydrogens (tertiary/aromatic N) is 4.